The fraction of sp³-hybridized carbons (Fsp3) is 0.462. The van der Waals surface area contributed by atoms with Gasteiger partial charge in [-0.1, -0.05) is 31.9 Å². The van der Waals surface area contributed by atoms with Gasteiger partial charge in [-0.2, -0.15) is 8.78 Å². The number of alkyl halides is 2. The van der Waals surface area contributed by atoms with E-state index in [0.717, 1.165) is 58.4 Å². The third-order valence-corrected chi connectivity index (χ3v) is 7.26. The van der Waals surface area contributed by atoms with E-state index in [1.807, 2.05) is 25.1 Å². The summed E-state index contributed by atoms with van der Waals surface area (Å²) in [6, 6.07) is 14.6. The summed E-state index contributed by atoms with van der Waals surface area (Å²) < 4.78 is 41.5. The summed E-state index contributed by atoms with van der Waals surface area (Å²) in [5, 5.41) is 1.12. The lowest BCUT2D eigenvalue weighted by Crippen LogP contribution is -2.29. The number of thiophene rings is 1. The summed E-state index contributed by atoms with van der Waals surface area (Å²) >= 11 is 1.64. The van der Waals surface area contributed by atoms with Crippen LogP contribution in [-0.2, 0) is 10.8 Å². The highest BCUT2D eigenvalue weighted by molar-refractivity contribution is 7.22. The molecule has 1 fully saturated rings. The van der Waals surface area contributed by atoms with Gasteiger partial charge in [0.05, 0.1) is 18.3 Å². The molecular weight excluding hydrogens is 414 g/mol. The van der Waals surface area contributed by atoms with E-state index in [9.17, 15) is 8.78 Å². The predicted molar refractivity (Wildman–Crippen MR) is 124 cm³/mol. The summed E-state index contributed by atoms with van der Waals surface area (Å²) in [6.45, 7) is 4.77. The molecule has 1 aliphatic rings. The van der Waals surface area contributed by atoms with Gasteiger partial charge in [0.25, 0.3) is 0 Å². The first-order valence-electron chi connectivity index (χ1n) is 11.3. The molecule has 0 unspecified atom stereocenters. The van der Waals surface area contributed by atoms with Crippen molar-refractivity contribution in [1.82, 2.24) is 0 Å². The Labute approximate surface area is 187 Å². The lowest BCUT2D eigenvalue weighted by atomic mass is 9.84. The quantitative estimate of drug-likeness (QED) is 0.347. The Bertz CT molecular complexity index is 988. The molecule has 2 nitrogen and oxygen atoms in total. The van der Waals surface area contributed by atoms with E-state index < -0.39 is 6.11 Å². The topological polar surface area (TPSA) is 18.5 Å². The zero-order valence-electron chi connectivity index (χ0n) is 18.2. The van der Waals surface area contributed by atoms with Crippen LogP contribution in [0.2, 0.25) is 0 Å². The van der Waals surface area contributed by atoms with Gasteiger partial charge >= 0.3 is 6.11 Å². The number of halogens is 2. The zero-order chi connectivity index (χ0) is 21.8. The third kappa shape index (κ3) is 5.27. The molecule has 31 heavy (non-hydrogen) atoms. The second-order valence-electron chi connectivity index (χ2n) is 8.39. The molecule has 1 aliphatic carbocycles. The first-order chi connectivity index (χ1) is 15.0. The zero-order valence-corrected chi connectivity index (χ0v) is 19.0. The van der Waals surface area contributed by atoms with Crippen molar-refractivity contribution >= 4 is 21.4 Å². The first kappa shape index (κ1) is 22.2. The Morgan fingerprint density at radius 2 is 1.71 bits per heavy atom. The SMILES string of the molecule is CCCC1CCC(OC(F)(F)c2ccc(-c3cc4ccc(OCC)cc4s3)cc2)CC1. The number of benzene rings is 2. The number of fused-ring (bicyclic) bond motifs is 1. The molecule has 0 saturated heterocycles. The highest BCUT2D eigenvalue weighted by Gasteiger charge is 2.37. The normalized spacial score (nSPS) is 19.6. The summed E-state index contributed by atoms with van der Waals surface area (Å²) in [7, 11) is 0. The van der Waals surface area contributed by atoms with Crippen LogP contribution in [-0.4, -0.2) is 12.7 Å². The Morgan fingerprint density at radius 3 is 2.39 bits per heavy atom. The highest BCUT2D eigenvalue weighted by atomic mass is 32.1. The number of rotatable bonds is 8. The van der Waals surface area contributed by atoms with Gasteiger partial charge < -0.3 is 9.47 Å². The molecule has 1 heterocycles. The fourth-order valence-corrected chi connectivity index (χ4v) is 5.56. The van der Waals surface area contributed by atoms with E-state index in [1.54, 1.807) is 23.5 Å². The Kier molecular flexibility index (Phi) is 6.92. The number of hydrogen-bond donors (Lipinski definition) is 0. The van der Waals surface area contributed by atoms with Gasteiger partial charge in [0.2, 0.25) is 0 Å². The monoisotopic (exact) mass is 444 g/mol. The second-order valence-corrected chi connectivity index (χ2v) is 9.47. The third-order valence-electron chi connectivity index (χ3n) is 6.11. The molecule has 1 saturated carbocycles. The molecule has 0 bridgehead atoms. The smallest absolute Gasteiger partial charge is 0.383 e. The highest BCUT2D eigenvalue weighted by Crippen LogP contribution is 2.39. The van der Waals surface area contributed by atoms with Crippen LogP contribution < -0.4 is 4.74 Å². The fourth-order valence-electron chi connectivity index (χ4n) is 4.46. The Hall–Kier alpha value is -1.98. The van der Waals surface area contributed by atoms with Crippen molar-refractivity contribution in [3.8, 4) is 16.2 Å². The second kappa shape index (κ2) is 9.66. The summed E-state index contributed by atoms with van der Waals surface area (Å²) in [6.07, 6.45) is 2.17. The van der Waals surface area contributed by atoms with Gasteiger partial charge in [0.15, 0.2) is 0 Å². The van der Waals surface area contributed by atoms with Gasteiger partial charge in [0, 0.05) is 9.58 Å². The molecule has 0 atom stereocenters. The molecule has 1 aromatic heterocycles. The molecule has 0 aliphatic heterocycles. The molecule has 0 N–H and O–H groups in total. The van der Waals surface area contributed by atoms with Gasteiger partial charge in [-0.15, -0.1) is 11.3 Å². The molecule has 0 amide bonds. The van der Waals surface area contributed by atoms with E-state index >= 15 is 0 Å². The number of hydrogen-bond acceptors (Lipinski definition) is 3. The molecule has 2 aromatic carbocycles. The van der Waals surface area contributed by atoms with E-state index in [-0.39, 0.29) is 11.7 Å². The van der Waals surface area contributed by atoms with Crippen LogP contribution in [0.25, 0.3) is 20.5 Å². The van der Waals surface area contributed by atoms with Gasteiger partial charge in [-0.25, -0.2) is 0 Å². The van der Waals surface area contributed by atoms with Crippen LogP contribution in [0.5, 0.6) is 5.75 Å². The van der Waals surface area contributed by atoms with Crippen molar-refractivity contribution in [1.29, 1.82) is 0 Å². The predicted octanol–water partition coefficient (Wildman–Crippen LogP) is 8.39. The van der Waals surface area contributed by atoms with Crippen molar-refractivity contribution < 1.29 is 18.3 Å². The standard InChI is InChI=1S/C26H30F2O2S/c1-3-5-18-6-13-22(14-7-18)30-26(27,28)21-11-8-19(9-12-21)24-16-20-10-15-23(29-4-2)17-25(20)31-24/h8-12,15-18,22H,3-7,13-14H2,1-2H3. The van der Waals surface area contributed by atoms with Crippen LogP contribution in [0.4, 0.5) is 8.78 Å². The molecule has 0 radical (unpaired) electrons. The summed E-state index contributed by atoms with van der Waals surface area (Å²) in [5.74, 6) is 1.52. The van der Waals surface area contributed by atoms with Crippen LogP contribution in [0, 0.1) is 5.92 Å². The van der Waals surface area contributed by atoms with E-state index in [4.69, 9.17) is 9.47 Å². The van der Waals surface area contributed by atoms with Crippen LogP contribution in [0.1, 0.15) is 57.9 Å². The molecule has 5 heteroatoms. The maximum Gasteiger partial charge on any atom is 0.383 e. The average Bonchev–Trinajstić information content (AvgIpc) is 3.19. The molecular formula is C26H30F2O2S. The van der Waals surface area contributed by atoms with Gasteiger partial charge in [-0.3, -0.25) is 0 Å². The van der Waals surface area contributed by atoms with E-state index in [0.29, 0.717) is 12.5 Å². The van der Waals surface area contributed by atoms with Crippen molar-refractivity contribution in [2.45, 2.75) is 64.6 Å². The summed E-state index contributed by atoms with van der Waals surface area (Å²) in [4.78, 5) is 1.05. The summed E-state index contributed by atoms with van der Waals surface area (Å²) in [5.41, 5.74) is 0.852. The lowest BCUT2D eigenvalue weighted by Gasteiger charge is -2.31. The first-order valence-corrected chi connectivity index (χ1v) is 12.1. The van der Waals surface area contributed by atoms with Gasteiger partial charge in [-0.05, 0) is 85.9 Å². The van der Waals surface area contributed by atoms with E-state index in [2.05, 4.69) is 13.0 Å². The van der Waals surface area contributed by atoms with Crippen molar-refractivity contribution in [3.05, 3.63) is 54.1 Å². The van der Waals surface area contributed by atoms with Crippen molar-refractivity contribution in [2.75, 3.05) is 6.61 Å². The van der Waals surface area contributed by atoms with Crippen molar-refractivity contribution in [2.24, 2.45) is 5.92 Å². The van der Waals surface area contributed by atoms with Crippen LogP contribution >= 0.6 is 11.3 Å². The molecule has 3 aromatic rings. The minimum Gasteiger partial charge on any atom is -0.494 e. The van der Waals surface area contributed by atoms with Gasteiger partial charge in [0.1, 0.15) is 5.75 Å². The maximum atomic E-state index is 14.8. The van der Waals surface area contributed by atoms with Crippen LogP contribution in [0.15, 0.2) is 48.5 Å². The minimum atomic E-state index is -3.26. The average molecular weight is 445 g/mol. The number of ether oxygens (including phenoxy) is 2. The van der Waals surface area contributed by atoms with Crippen LogP contribution in [0.3, 0.4) is 0 Å². The maximum absolute atomic E-state index is 14.8. The Morgan fingerprint density at radius 1 is 0.968 bits per heavy atom. The molecule has 166 valence electrons. The van der Waals surface area contributed by atoms with Crippen molar-refractivity contribution in [3.63, 3.8) is 0 Å². The molecule has 0 spiro atoms. The van der Waals surface area contributed by atoms with E-state index in [1.165, 1.54) is 18.6 Å². The lowest BCUT2D eigenvalue weighted by molar-refractivity contribution is -0.278. The Balaban J connectivity index is 1.44. The minimum absolute atomic E-state index is 0.0772. The largest absolute Gasteiger partial charge is 0.494 e. The molecule has 4 rings (SSSR count).